The van der Waals surface area contributed by atoms with Crippen LogP contribution in [-0.2, 0) is 6.42 Å². The van der Waals surface area contributed by atoms with E-state index in [-0.39, 0.29) is 0 Å². The summed E-state index contributed by atoms with van der Waals surface area (Å²) in [6.45, 7) is 1.02. The Morgan fingerprint density at radius 3 is 3.13 bits per heavy atom. The second-order valence-electron chi connectivity index (χ2n) is 3.82. The van der Waals surface area contributed by atoms with Gasteiger partial charge in [0.25, 0.3) is 0 Å². The molecular formula is C11H16BrNOS. The molecule has 0 spiro atoms. The van der Waals surface area contributed by atoms with E-state index in [9.17, 15) is 0 Å². The summed E-state index contributed by atoms with van der Waals surface area (Å²) in [4.78, 5) is 0. The van der Waals surface area contributed by atoms with Gasteiger partial charge >= 0.3 is 0 Å². The van der Waals surface area contributed by atoms with Crippen LogP contribution in [0.2, 0.25) is 0 Å². The van der Waals surface area contributed by atoms with Crippen LogP contribution in [0.4, 0.5) is 0 Å². The molecule has 1 aromatic heterocycles. The van der Waals surface area contributed by atoms with Crippen LogP contribution in [0.5, 0.6) is 0 Å². The Morgan fingerprint density at radius 1 is 1.53 bits per heavy atom. The highest BCUT2D eigenvalue weighted by molar-refractivity contribution is 9.10. The SMILES string of the molecule is Brc1ccc(CCN[C@@H]2CCCSC2)o1. The van der Waals surface area contributed by atoms with E-state index in [1.54, 1.807) is 0 Å². The van der Waals surface area contributed by atoms with E-state index in [2.05, 4.69) is 33.0 Å². The summed E-state index contributed by atoms with van der Waals surface area (Å²) in [5, 5.41) is 3.58. The first-order valence-electron chi connectivity index (χ1n) is 5.40. The molecule has 84 valence electrons. The number of furan rings is 1. The van der Waals surface area contributed by atoms with Gasteiger partial charge < -0.3 is 9.73 Å². The van der Waals surface area contributed by atoms with Crippen molar-refractivity contribution < 1.29 is 4.42 Å². The van der Waals surface area contributed by atoms with Crippen molar-refractivity contribution in [3.05, 3.63) is 22.6 Å². The molecule has 2 rings (SSSR count). The van der Waals surface area contributed by atoms with Crippen molar-refractivity contribution in [2.45, 2.75) is 25.3 Å². The Labute approximate surface area is 103 Å². The minimum absolute atomic E-state index is 0.710. The van der Waals surface area contributed by atoms with Crippen molar-refractivity contribution in [2.75, 3.05) is 18.1 Å². The van der Waals surface area contributed by atoms with Gasteiger partial charge in [-0.1, -0.05) is 0 Å². The number of rotatable bonds is 4. The van der Waals surface area contributed by atoms with E-state index in [4.69, 9.17) is 4.42 Å². The maximum absolute atomic E-state index is 5.44. The lowest BCUT2D eigenvalue weighted by atomic mass is 10.2. The minimum atomic E-state index is 0.710. The minimum Gasteiger partial charge on any atom is -0.454 e. The molecule has 1 fully saturated rings. The summed E-state index contributed by atoms with van der Waals surface area (Å²) in [5.74, 6) is 3.66. The number of hydrogen-bond acceptors (Lipinski definition) is 3. The molecule has 1 atom stereocenters. The second-order valence-corrected chi connectivity index (χ2v) is 5.76. The number of halogens is 1. The fraction of sp³-hybridized carbons (Fsp3) is 0.636. The lowest BCUT2D eigenvalue weighted by Crippen LogP contribution is -2.35. The molecule has 0 bridgehead atoms. The van der Waals surface area contributed by atoms with Crippen LogP contribution in [0.3, 0.4) is 0 Å². The predicted octanol–water partition coefficient (Wildman–Crippen LogP) is 3.07. The average molecular weight is 290 g/mol. The third-order valence-electron chi connectivity index (χ3n) is 2.59. The van der Waals surface area contributed by atoms with E-state index in [1.807, 2.05) is 12.1 Å². The molecule has 0 amide bonds. The summed E-state index contributed by atoms with van der Waals surface area (Å²) in [6, 6.07) is 4.69. The fourth-order valence-corrected chi connectivity index (χ4v) is 3.23. The van der Waals surface area contributed by atoms with Crippen LogP contribution in [0.15, 0.2) is 21.2 Å². The molecule has 0 aromatic carbocycles. The zero-order valence-corrected chi connectivity index (χ0v) is 11.1. The van der Waals surface area contributed by atoms with E-state index in [0.717, 1.165) is 23.4 Å². The lowest BCUT2D eigenvalue weighted by molar-refractivity contribution is 0.458. The molecule has 2 heterocycles. The molecule has 1 aromatic rings. The van der Waals surface area contributed by atoms with Gasteiger partial charge in [0.1, 0.15) is 5.76 Å². The van der Waals surface area contributed by atoms with Gasteiger partial charge in [-0.25, -0.2) is 0 Å². The molecule has 0 radical (unpaired) electrons. The van der Waals surface area contributed by atoms with Gasteiger partial charge in [-0.3, -0.25) is 0 Å². The van der Waals surface area contributed by atoms with Gasteiger partial charge in [0, 0.05) is 24.8 Å². The fourth-order valence-electron chi connectivity index (χ4n) is 1.79. The van der Waals surface area contributed by atoms with E-state index >= 15 is 0 Å². The van der Waals surface area contributed by atoms with Gasteiger partial charge in [-0.05, 0) is 46.7 Å². The maximum Gasteiger partial charge on any atom is 0.169 e. The summed E-state index contributed by atoms with van der Waals surface area (Å²) in [5.41, 5.74) is 0. The Morgan fingerprint density at radius 2 is 2.47 bits per heavy atom. The first kappa shape index (κ1) is 11.6. The van der Waals surface area contributed by atoms with Gasteiger partial charge in [0.05, 0.1) is 0 Å². The summed E-state index contributed by atoms with van der Waals surface area (Å²) in [6.07, 6.45) is 3.66. The maximum atomic E-state index is 5.44. The molecular weight excluding hydrogens is 274 g/mol. The van der Waals surface area contributed by atoms with Crippen molar-refractivity contribution >= 4 is 27.7 Å². The van der Waals surface area contributed by atoms with E-state index in [1.165, 1.54) is 24.3 Å². The monoisotopic (exact) mass is 289 g/mol. The quantitative estimate of drug-likeness (QED) is 0.922. The van der Waals surface area contributed by atoms with Gasteiger partial charge in [0.2, 0.25) is 0 Å². The van der Waals surface area contributed by atoms with Crippen molar-refractivity contribution in [2.24, 2.45) is 0 Å². The molecule has 15 heavy (non-hydrogen) atoms. The van der Waals surface area contributed by atoms with Crippen molar-refractivity contribution in [3.8, 4) is 0 Å². The van der Waals surface area contributed by atoms with Crippen LogP contribution >= 0.6 is 27.7 Å². The molecule has 1 aliphatic heterocycles. The molecule has 0 saturated carbocycles. The summed E-state index contributed by atoms with van der Waals surface area (Å²) in [7, 11) is 0. The smallest absolute Gasteiger partial charge is 0.169 e. The molecule has 1 N–H and O–H groups in total. The van der Waals surface area contributed by atoms with Crippen molar-refractivity contribution in [3.63, 3.8) is 0 Å². The van der Waals surface area contributed by atoms with Crippen molar-refractivity contribution in [1.82, 2.24) is 5.32 Å². The third kappa shape index (κ3) is 3.85. The van der Waals surface area contributed by atoms with Crippen LogP contribution in [0.25, 0.3) is 0 Å². The molecule has 1 saturated heterocycles. The highest BCUT2D eigenvalue weighted by Gasteiger charge is 2.12. The second kappa shape index (κ2) is 5.97. The summed E-state index contributed by atoms with van der Waals surface area (Å²) >= 11 is 5.37. The van der Waals surface area contributed by atoms with Gasteiger partial charge in [-0.15, -0.1) is 0 Å². The zero-order chi connectivity index (χ0) is 10.5. The predicted molar refractivity (Wildman–Crippen MR) is 68.5 cm³/mol. The molecule has 0 unspecified atom stereocenters. The largest absolute Gasteiger partial charge is 0.454 e. The molecule has 2 nitrogen and oxygen atoms in total. The summed E-state index contributed by atoms with van der Waals surface area (Å²) < 4.78 is 6.27. The third-order valence-corrected chi connectivity index (χ3v) is 4.24. The normalized spacial score (nSPS) is 21.8. The van der Waals surface area contributed by atoms with Crippen LogP contribution in [0.1, 0.15) is 18.6 Å². The highest BCUT2D eigenvalue weighted by atomic mass is 79.9. The Kier molecular flexibility index (Phi) is 4.60. The number of thioether (sulfide) groups is 1. The van der Waals surface area contributed by atoms with Crippen LogP contribution < -0.4 is 5.32 Å². The van der Waals surface area contributed by atoms with Crippen LogP contribution in [-0.4, -0.2) is 24.1 Å². The average Bonchev–Trinajstić information content (AvgIpc) is 2.66. The van der Waals surface area contributed by atoms with E-state index < -0.39 is 0 Å². The number of hydrogen-bond donors (Lipinski definition) is 1. The lowest BCUT2D eigenvalue weighted by Gasteiger charge is -2.22. The Bertz CT molecular complexity index is 297. The molecule has 0 aliphatic carbocycles. The first-order valence-corrected chi connectivity index (χ1v) is 7.35. The molecule has 4 heteroatoms. The Balaban J connectivity index is 1.65. The Hall–Kier alpha value is 0.0700. The highest BCUT2D eigenvalue weighted by Crippen LogP contribution is 2.17. The standard InChI is InChI=1S/C11H16BrNOS/c12-11-4-3-10(14-11)5-6-13-9-2-1-7-15-8-9/h3-4,9,13H,1-2,5-8H2/t9-/m1/s1. The van der Waals surface area contributed by atoms with Crippen molar-refractivity contribution in [1.29, 1.82) is 0 Å². The van der Waals surface area contributed by atoms with Gasteiger partial charge in [-0.2, -0.15) is 11.8 Å². The first-order chi connectivity index (χ1) is 7.34. The zero-order valence-electron chi connectivity index (χ0n) is 8.67. The van der Waals surface area contributed by atoms with Crippen LogP contribution in [0, 0.1) is 0 Å². The number of nitrogens with one attached hydrogen (secondary N) is 1. The van der Waals surface area contributed by atoms with E-state index in [0.29, 0.717) is 6.04 Å². The van der Waals surface area contributed by atoms with Gasteiger partial charge in [0.15, 0.2) is 4.67 Å². The molecule has 1 aliphatic rings. The topological polar surface area (TPSA) is 25.2 Å².